The molecule has 3 atom stereocenters. The Labute approximate surface area is 109 Å². The standard InChI is InChI=1S/C10H14BN5O3/c11-16-4-14-10-8(9(16)12)13-3-15(10)7-1-5(18)6(2-17)19-7/h3-7,12,17-18H,1-2,11H2/p+1/t5-,6+,7+/m0/s1. The van der Waals surface area contributed by atoms with Crippen molar-refractivity contribution in [3.8, 4) is 0 Å². The predicted octanol–water partition coefficient (Wildman–Crippen LogP) is -2.66. The maximum Gasteiger partial charge on any atom is 0.307 e. The van der Waals surface area contributed by atoms with Gasteiger partial charge in [-0.3, -0.25) is 4.57 Å². The van der Waals surface area contributed by atoms with E-state index in [0.717, 1.165) is 0 Å². The summed E-state index contributed by atoms with van der Waals surface area (Å²) >= 11 is 0. The van der Waals surface area contributed by atoms with Gasteiger partial charge < -0.3 is 25.2 Å². The monoisotopic (exact) mass is 264 g/mol. The molecular formula is C10H15BN5O3+. The highest BCUT2D eigenvalue weighted by atomic mass is 16.5. The molecule has 4 N–H and O–H groups in total. The van der Waals surface area contributed by atoms with Crippen molar-refractivity contribution < 1.29 is 19.4 Å². The molecule has 19 heavy (non-hydrogen) atoms. The van der Waals surface area contributed by atoms with Crippen LogP contribution in [0.5, 0.6) is 0 Å². The van der Waals surface area contributed by atoms with Crippen molar-refractivity contribution in [1.29, 1.82) is 0 Å². The van der Waals surface area contributed by atoms with Gasteiger partial charge >= 0.3 is 7.98 Å². The van der Waals surface area contributed by atoms with E-state index in [4.69, 9.17) is 15.6 Å². The van der Waals surface area contributed by atoms with Crippen LogP contribution in [0.3, 0.4) is 0 Å². The fraction of sp³-hybridized carbons (Fsp3) is 0.500. The van der Waals surface area contributed by atoms with Gasteiger partial charge in [0.15, 0.2) is 5.52 Å². The van der Waals surface area contributed by atoms with Crippen LogP contribution in [0.2, 0.25) is 0 Å². The molecule has 8 nitrogen and oxygen atoms in total. The minimum absolute atomic E-state index is 0.213. The molecule has 0 aromatic carbocycles. The Hall–Kier alpha value is -1.71. The van der Waals surface area contributed by atoms with Crippen LogP contribution in [0.15, 0.2) is 12.7 Å². The molecule has 0 spiro atoms. The Morgan fingerprint density at radius 2 is 2.37 bits per heavy atom. The molecule has 1 aliphatic heterocycles. The molecule has 2 aromatic heterocycles. The summed E-state index contributed by atoms with van der Waals surface area (Å²) < 4.78 is 8.99. The number of hydrogen-bond acceptors (Lipinski definition) is 6. The van der Waals surface area contributed by atoms with Gasteiger partial charge in [-0.2, -0.15) is 0 Å². The lowest BCUT2D eigenvalue weighted by atomic mass is 10.2. The van der Waals surface area contributed by atoms with Gasteiger partial charge in [-0.25, -0.2) is 4.98 Å². The zero-order chi connectivity index (χ0) is 13.6. The molecule has 9 heteroatoms. The van der Waals surface area contributed by atoms with Gasteiger partial charge in [0.1, 0.15) is 18.7 Å². The van der Waals surface area contributed by atoms with Crippen molar-refractivity contribution in [2.45, 2.75) is 24.9 Å². The van der Waals surface area contributed by atoms with Crippen LogP contribution in [-0.2, 0) is 4.74 Å². The molecular weight excluding hydrogens is 249 g/mol. The number of nitrogens with two attached hydrogens (primary N) is 1. The highest BCUT2D eigenvalue weighted by Gasteiger charge is 2.35. The lowest BCUT2D eigenvalue weighted by Crippen LogP contribution is -2.35. The van der Waals surface area contributed by atoms with Crippen molar-refractivity contribution in [1.82, 2.24) is 14.5 Å². The average Bonchev–Trinajstić information content (AvgIpc) is 2.97. The fourth-order valence-electron chi connectivity index (χ4n) is 2.29. The Morgan fingerprint density at radius 3 is 3.05 bits per heavy atom. The molecule has 3 heterocycles. The fourth-order valence-corrected chi connectivity index (χ4v) is 2.29. The van der Waals surface area contributed by atoms with Crippen molar-refractivity contribution in [3.05, 3.63) is 12.7 Å². The van der Waals surface area contributed by atoms with E-state index in [1.807, 2.05) is 0 Å². The Kier molecular flexibility index (Phi) is 2.88. The summed E-state index contributed by atoms with van der Waals surface area (Å²) in [6.45, 7) is -0.213. The van der Waals surface area contributed by atoms with Crippen molar-refractivity contribution in [3.63, 3.8) is 0 Å². The van der Waals surface area contributed by atoms with E-state index >= 15 is 0 Å². The zero-order valence-corrected chi connectivity index (χ0v) is 10.5. The largest absolute Gasteiger partial charge is 0.394 e. The minimum Gasteiger partial charge on any atom is -0.394 e. The van der Waals surface area contributed by atoms with Gasteiger partial charge in [0.05, 0.1) is 12.7 Å². The number of aromatic nitrogens is 4. The van der Waals surface area contributed by atoms with E-state index in [-0.39, 0.29) is 6.61 Å². The Balaban J connectivity index is 2.01. The second-order valence-corrected chi connectivity index (χ2v) is 4.68. The smallest absolute Gasteiger partial charge is 0.307 e. The average molecular weight is 264 g/mol. The number of aliphatic hydroxyl groups is 2. The van der Waals surface area contributed by atoms with Crippen LogP contribution in [0.1, 0.15) is 12.6 Å². The number of aliphatic hydroxyl groups excluding tert-OH is 2. The number of imidazole rings is 1. The van der Waals surface area contributed by atoms with E-state index < -0.39 is 18.4 Å². The number of anilines is 1. The number of hydrogen-bond donors (Lipinski definition) is 3. The van der Waals surface area contributed by atoms with Gasteiger partial charge in [0, 0.05) is 6.42 Å². The summed E-state index contributed by atoms with van der Waals surface area (Å²) in [5, 5.41) is 18.9. The van der Waals surface area contributed by atoms with E-state index in [2.05, 4.69) is 9.97 Å². The molecule has 2 aromatic rings. The maximum atomic E-state index is 9.76. The Bertz CT molecular complexity index is 618. The predicted molar refractivity (Wildman–Crippen MR) is 67.7 cm³/mol. The van der Waals surface area contributed by atoms with Crippen LogP contribution in [0.25, 0.3) is 11.2 Å². The number of ether oxygens (including phenoxy) is 1. The van der Waals surface area contributed by atoms with Gasteiger partial charge in [0.25, 0.3) is 0 Å². The molecule has 100 valence electrons. The second kappa shape index (κ2) is 4.44. The lowest BCUT2D eigenvalue weighted by molar-refractivity contribution is -0.507. The van der Waals surface area contributed by atoms with Crippen LogP contribution in [0.4, 0.5) is 5.82 Å². The molecule has 0 aliphatic carbocycles. The quantitative estimate of drug-likeness (QED) is 0.510. The number of rotatable bonds is 2. The zero-order valence-electron chi connectivity index (χ0n) is 10.5. The number of nitrogens with zero attached hydrogens (tertiary/aromatic N) is 4. The summed E-state index contributed by atoms with van der Waals surface area (Å²) in [5.74, 6) is 0.515. The third-order valence-corrected chi connectivity index (χ3v) is 3.44. The first-order valence-electron chi connectivity index (χ1n) is 6.03. The first-order chi connectivity index (χ1) is 9.11. The molecule has 0 unspecified atom stereocenters. The van der Waals surface area contributed by atoms with Crippen LogP contribution >= 0.6 is 0 Å². The van der Waals surface area contributed by atoms with E-state index in [9.17, 15) is 5.11 Å². The molecule has 1 fully saturated rings. The van der Waals surface area contributed by atoms with E-state index in [0.29, 0.717) is 23.4 Å². The summed E-state index contributed by atoms with van der Waals surface area (Å²) in [6.07, 6.45) is 1.93. The lowest BCUT2D eigenvalue weighted by Gasteiger charge is -2.12. The third-order valence-electron chi connectivity index (χ3n) is 3.44. The highest BCUT2D eigenvalue weighted by Crippen LogP contribution is 2.30. The Morgan fingerprint density at radius 1 is 1.58 bits per heavy atom. The van der Waals surface area contributed by atoms with Gasteiger partial charge in [0.2, 0.25) is 17.8 Å². The maximum absolute atomic E-state index is 9.76. The third kappa shape index (κ3) is 1.86. The molecule has 3 rings (SSSR count). The van der Waals surface area contributed by atoms with Gasteiger partial charge in [-0.05, 0) is 0 Å². The van der Waals surface area contributed by atoms with Gasteiger partial charge in [-0.1, -0.05) is 4.98 Å². The van der Waals surface area contributed by atoms with Crippen molar-refractivity contribution in [2.75, 3.05) is 12.3 Å². The SMILES string of the molecule is B[n+]1cnc2c(ncn2[C@H]2C[C@H](O)[C@@H](CO)O2)c1N. The molecule has 0 saturated carbocycles. The number of nitrogen functional groups attached to an aromatic ring is 1. The summed E-state index contributed by atoms with van der Waals surface area (Å²) in [6, 6.07) is 0. The minimum atomic E-state index is -0.690. The van der Waals surface area contributed by atoms with Crippen LogP contribution in [-0.4, -0.2) is 51.5 Å². The normalized spacial score (nSPS) is 27.2. The molecule has 0 radical (unpaired) electrons. The summed E-state index contributed by atoms with van der Waals surface area (Å²) in [4.78, 5) is 8.51. The number of fused-ring (bicyclic) bond motifs is 1. The first-order valence-corrected chi connectivity index (χ1v) is 6.03. The van der Waals surface area contributed by atoms with Crippen LogP contribution in [0, 0.1) is 0 Å². The molecule has 1 saturated heterocycles. The van der Waals surface area contributed by atoms with E-state index in [1.165, 1.54) is 0 Å². The second-order valence-electron chi connectivity index (χ2n) is 4.68. The molecule has 1 aliphatic rings. The summed E-state index contributed by atoms with van der Waals surface area (Å²) in [5.41, 5.74) is 7.12. The van der Waals surface area contributed by atoms with Crippen molar-refractivity contribution in [2.24, 2.45) is 0 Å². The van der Waals surface area contributed by atoms with Crippen LogP contribution < -0.4 is 10.2 Å². The molecule has 0 bridgehead atoms. The summed E-state index contributed by atoms with van der Waals surface area (Å²) in [7, 11) is 1.79. The first kappa shape index (κ1) is 12.3. The van der Waals surface area contributed by atoms with Gasteiger partial charge in [-0.15, -0.1) is 0 Å². The van der Waals surface area contributed by atoms with E-state index in [1.54, 1.807) is 29.7 Å². The highest BCUT2D eigenvalue weighted by molar-refractivity contribution is 5.97. The van der Waals surface area contributed by atoms with Crippen molar-refractivity contribution >= 4 is 25.0 Å². The molecule has 0 amide bonds. The topological polar surface area (TPSA) is 110 Å².